The molecule has 5 rings (SSSR count). The van der Waals surface area contributed by atoms with Gasteiger partial charge in [0.05, 0.1) is 11.5 Å². The highest BCUT2D eigenvalue weighted by Crippen LogP contribution is 2.35. The molecule has 0 spiro atoms. The van der Waals surface area contributed by atoms with E-state index < -0.39 is 11.1 Å². The predicted octanol–water partition coefficient (Wildman–Crippen LogP) is 5.48. The van der Waals surface area contributed by atoms with Gasteiger partial charge in [0.15, 0.2) is 11.5 Å². The second kappa shape index (κ2) is 11.1. The summed E-state index contributed by atoms with van der Waals surface area (Å²) in [7, 11) is 0. The minimum atomic E-state index is -0.447. The maximum absolute atomic E-state index is 12.9. The van der Waals surface area contributed by atoms with Gasteiger partial charge in [0, 0.05) is 13.1 Å². The number of thioether (sulfide) groups is 1. The van der Waals surface area contributed by atoms with Crippen LogP contribution >= 0.6 is 11.8 Å². The van der Waals surface area contributed by atoms with Crippen LogP contribution in [0.3, 0.4) is 0 Å². The Kier molecular flexibility index (Phi) is 7.46. The van der Waals surface area contributed by atoms with Crippen molar-refractivity contribution >= 4 is 45.7 Å². The summed E-state index contributed by atoms with van der Waals surface area (Å²) in [5.74, 6) is 0.514. The van der Waals surface area contributed by atoms with Crippen molar-refractivity contribution in [2.45, 2.75) is 26.4 Å². The highest BCUT2D eigenvalue weighted by atomic mass is 32.2. The van der Waals surface area contributed by atoms with Crippen molar-refractivity contribution in [3.63, 3.8) is 0 Å². The van der Waals surface area contributed by atoms with Crippen LogP contribution in [0, 0.1) is 0 Å². The van der Waals surface area contributed by atoms with E-state index in [0.29, 0.717) is 43.4 Å². The number of amides is 3. The molecule has 2 aliphatic heterocycles. The number of carbonyl (C=O) groups excluding carboxylic acids is 3. The molecule has 2 saturated heterocycles. The fourth-order valence-corrected chi connectivity index (χ4v) is 5.40. The predicted molar refractivity (Wildman–Crippen MR) is 144 cm³/mol. The highest BCUT2D eigenvalue weighted by molar-refractivity contribution is 8.18. The van der Waals surface area contributed by atoms with Gasteiger partial charge in [0.1, 0.15) is 13.2 Å². The Hall–Kier alpha value is -3.78. The first kappa shape index (κ1) is 24.9. The molecule has 0 unspecified atom stereocenters. The molecule has 2 fully saturated rings. The van der Waals surface area contributed by atoms with Crippen LogP contribution in [0.5, 0.6) is 11.5 Å². The van der Waals surface area contributed by atoms with E-state index >= 15 is 0 Å². The molecular formula is C29H28N2O5S. The van der Waals surface area contributed by atoms with Crippen LogP contribution in [0.4, 0.5) is 4.79 Å². The first-order valence-corrected chi connectivity index (χ1v) is 13.2. The number of fused-ring (bicyclic) bond motifs is 1. The fourth-order valence-electron chi connectivity index (χ4n) is 4.57. The molecule has 7 nitrogen and oxygen atoms in total. The molecule has 8 heteroatoms. The van der Waals surface area contributed by atoms with E-state index in [2.05, 4.69) is 18.2 Å². The fraction of sp³-hybridized carbons (Fsp3) is 0.276. The average molecular weight is 517 g/mol. The molecule has 190 valence electrons. The van der Waals surface area contributed by atoms with Crippen molar-refractivity contribution < 1.29 is 23.9 Å². The van der Waals surface area contributed by atoms with Crippen LogP contribution < -0.4 is 9.47 Å². The maximum Gasteiger partial charge on any atom is 0.294 e. The molecule has 0 bridgehead atoms. The van der Waals surface area contributed by atoms with Crippen molar-refractivity contribution in [3.8, 4) is 11.5 Å². The molecule has 3 aromatic rings. The van der Waals surface area contributed by atoms with Gasteiger partial charge < -0.3 is 14.4 Å². The standard InChI is InChI=1S/C29H28N2O5S/c1-2-35-25-16-20(12-13-24(25)36-19-22-10-7-9-21-8-3-4-11-23(21)22)17-26-28(33)31(29(34)37-26)18-27(32)30-14-5-6-15-30/h3-4,7-13,16-17H,2,5-6,14-15,18-19H2,1H3/b26-17-. The van der Waals surface area contributed by atoms with Crippen molar-refractivity contribution in [2.24, 2.45) is 0 Å². The van der Waals surface area contributed by atoms with Gasteiger partial charge in [-0.1, -0.05) is 48.5 Å². The number of rotatable bonds is 8. The van der Waals surface area contributed by atoms with E-state index in [1.165, 1.54) is 0 Å². The smallest absolute Gasteiger partial charge is 0.294 e. The van der Waals surface area contributed by atoms with E-state index in [-0.39, 0.29) is 17.4 Å². The SMILES string of the molecule is CCOc1cc(/C=C2\SC(=O)N(CC(=O)N3CCCC3)C2=O)ccc1OCc1cccc2ccccc12. The van der Waals surface area contributed by atoms with Crippen LogP contribution in [0.15, 0.2) is 65.6 Å². The van der Waals surface area contributed by atoms with E-state index in [9.17, 15) is 14.4 Å². The molecule has 0 radical (unpaired) electrons. The van der Waals surface area contributed by atoms with E-state index in [0.717, 1.165) is 45.8 Å². The zero-order valence-corrected chi connectivity index (χ0v) is 21.5. The van der Waals surface area contributed by atoms with Crippen LogP contribution in [-0.2, 0) is 16.2 Å². The number of hydrogen-bond donors (Lipinski definition) is 0. The lowest BCUT2D eigenvalue weighted by Gasteiger charge is -2.18. The van der Waals surface area contributed by atoms with Gasteiger partial charge in [-0.3, -0.25) is 19.3 Å². The molecule has 3 amide bonds. The highest BCUT2D eigenvalue weighted by Gasteiger charge is 2.37. The molecule has 2 heterocycles. The Bertz CT molecular complexity index is 1370. The molecule has 0 saturated carbocycles. The minimum Gasteiger partial charge on any atom is -0.490 e. The Morgan fingerprint density at radius 2 is 1.76 bits per heavy atom. The summed E-state index contributed by atoms with van der Waals surface area (Å²) in [6.07, 6.45) is 3.57. The van der Waals surface area contributed by atoms with Crippen LogP contribution in [0.25, 0.3) is 16.8 Å². The number of nitrogens with zero attached hydrogens (tertiary/aromatic N) is 2. The quantitative estimate of drug-likeness (QED) is 0.369. The average Bonchev–Trinajstić information content (AvgIpc) is 3.54. The molecule has 3 aromatic carbocycles. The first-order chi connectivity index (χ1) is 18.0. The third-order valence-electron chi connectivity index (χ3n) is 6.45. The van der Waals surface area contributed by atoms with Crippen molar-refractivity contribution in [2.75, 3.05) is 26.2 Å². The molecular weight excluding hydrogens is 488 g/mol. The number of ether oxygens (including phenoxy) is 2. The topological polar surface area (TPSA) is 76.2 Å². The van der Waals surface area contributed by atoms with Gasteiger partial charge >= 0.3 is 0 Å². The second-order valence-corrected chi connectivity index (χ2v) is 9.92. The second-order valence-electron chi connectivity index (χ2n) is 8.92. The third kappa shape index (κ3) is 5.49. The number of benzene rings is 3. The van der Waals surface area contributed by atoms with Crippen molar-refractivity contribution in [1.82, 2.24) is 9.80 Å². The summed E-state index contributed by atoms with van der Waals surface area (Å²) in [6.45, 7) is 3.87. The maximum atomic E-state index is 12.9. The Balaban J connectivity index is 1.31. The van der Waals surface area contributed by atoms with E-state index in [1.54, 1.807) is 17.0 Å². The van der Waals surface area contributed by atoms with Crippen molar-refractivity contribution in [1.29, 1.82) is 0 Å². The summed E-state index contributed by atoms with van der Waals surface area (Å²) >= 11 is 0.849. The van der Waals surface area contributed by atoms with E-state index in [4.69, 9.17) is 9.47 Å². The Morgan fingerprint density at radius 1 is 0.973 bits per heavy atom. The number of carbonyl (C=O) groups is 3. The zero-order valence-electron chi connectivity index (χ0n) is 20.6. The van der Waals surface area contributed by atoms with Gasteiger partial charge in [-0.25, -0.2) is 0 Å². The summed E-state index contributed by atoms with van der Waals surface area (Å²) in [5.41, 5.74) is 1.78. The summed E-state index contributed by atoms with van der Waals surface area (Å²) in [4.78, 5) is 40.9. The monoisotopic (exact) mass is 516 g/mol. The molecule has 2 aliphatic rings. The third-order valence-corrected chi connectivity index (χ3v) is 7.36. The lowest BCUT2D eigenvalue weighted by molar-refractivity contribution is -0.135. The molecule has 0 aromatic heterocycles. The molecule has 0 aliphatic carbocycles. The summed E-state index contributed by atoms with van der Waals surface area (Å²) < 4.78 is 12.0. The molecule has 0 N–H and O–H groups in total. The van der Waals surface area contributed by atoms with Gasteiger partial charge in [-0.2, -0.15) is 0 Å². The molecule has 0 atom stereocenters. The van der Waals surface area contributed by atoms with Crippen LogP contribution in [-0.4, -0.2) is 53.1 Å². The first-order valence-electron chi connectivity index (χ1n) is 12.4. The van der Waals surface area contributed by atoms with Gasteiger partial charge in [0.2, 0.25) is 5.91 Å². The normalized spacial score (nSPS) is 16.7. The van der Waals surface area contributed by atoms with E-state index in [1.807, 2.05) is 43.3 Å². The number of likely N-dealkylation sites (tertiary alicyclic amines) is 1. The molecule has 37 heavy (non-hydrogen) atoms. The Morgan fingerprint density at radius 3 is 2.57 bits per heavy atom. The number of hydrogen-bond acceptors (Lipinski definition) is 6. The van der Waals surface area contributed by atoms with Crippen LogP contribution in [0.1, 0.15) is 30.9 Å². The van der Waals surface area contributed by atoms with Gasteiger partial charge in [-0.05, 0) is 71.6 Å². The largest absolute Gasteiger partial charge is 0.490 e. The van der Waals surface area contributed by atoms with Crippen molar-refractivity contribution in [3.05, 3.63) is 76.7 Å². The summed E-state index contributed by atoms with van der Waals surface area (Å²) in [5, 5.41) is 1.86. The summed E-state index contributed by atoms with van der Waals surface area (Å²) in [6, 6.07) is 19.7. The van der Waals surface area contributed by atoms with Gasteiger partial charge in [0.25, 0.3) is 11.1 Å². The minimum absolute atomic E-state index is 0.188. The van der Waals surface area contributed by atoms with Gasteiger partial charge in [-0.15, -0.1) is 0 Å². The lowest BCUT2D eigenvalue weighted by Crippen LogP contribution is -2.40. The lowest BCUT2D eigenvalue weighted by atomic mass is 10.1. The number of imide groups is 1. The zero-order chi connectivity index (χ0) is 25.8. The Labute approximate surface area is 220 Å². The van der Waals surface area contributed by atoms with Crippen LogP contribution in [0.2, 0.25) is 0 Å².